The van der Waals surface area contributed by atoms with Gasteiger partial charge in [0.2, 0.25) is 5.91 Å². The number of carbonyl (C=O) groups is 1. The van der Waals surface area contributed by atoms with E-state index in [1.165, 1.54) is 23.5 Å². The van der Waals surface area contributed by atoms with Crippen LogP contribution < -0.4 is 14.5 Å². The van der Waals surface area contributed by atoms with Gasteiger partial charge in [0, 0.05) is 45.1 Å². The maximum Gasteiger partial charge on any atom is 0.264 e. The van der Waals surface area contributed by atoms with Gasteiger partial charge < -0.3 is 10.2 Å². The van der Waals surface area contributed by atoms with Gasteiger partial charge in [0.25, 0.3) is 10.0 Å². The molecule has 0 aliphatic carbocycles. The largest absolute Gasteiger partial charge is 0.354 e. The van der Waals surface area contributed by atoms with Gasteiger partial charge in [-0.25, -0.2) is 13.4 Å². The molecule has 2 aromatic carbocycles. The average Bonchev–Trinajstić information content (AvgIpc) is 2.85. The van der Waals surface area contributed by atoms with Gasteiger partial charge in [-0.05, 0) is 42.5 Å². The van der Waals surface area contributed by atoms with E-state index in [4.69, 9.17) is 0 Å². The van der Waals surface area contributed by atoms with Crippen molar-refractivity contribution < 1.29 is 13.2 Å². The third kappa shape index (κ3) is 5.50. The molecule has 1 saturated heterocycles. The van der Waals surface area contributed by atoms with Crippen LogP contribution in [0.4, 0.5) is 17.2 Å². The summed E-state index contributed by atoms with van der Waals surface area (Å²) in [6.45, 7) is 3.34. The molecule has 3 aromatic rings. The Balaban J connectivity index is 1.35. The van der Waals surface area contributed by atoms with Crippen molar-refractivity contribution in [1.82, 2.24) is 9.88 Å². The SMILES string of the molecule is CN(c1ccccc1)S(=O)(=O)c1cccc(NC(=O)CN2CCN(c3ccccn3)CC2)c1. The van der Waals surface area contributed by atoms with Crippen molar-refractivity contribution in [2.75, 3.05) is 54.3 Å². The highest BCUT2D eigenvalue weighted by Crippen LogP contribution is 2.23. The first kappa shape index (κ1) is 22.8. The number of anilines is 3. The lowest BCUT2D eigenvalue weighted by atomic mass is 10.3. The number of piperazine rings is 1. The molecule has 1 aliphatic rings. The van der Waals surface area contributed by atoms with Crippen LogP contribution in [0.5, 0.6) is 0 Å². The second-order valence-electron chi connectivity index (χ2n) is 7.84. The number of carbonyl (C=O) groups excluding carboxylic acids is 1. The number of benzene rings is 2. The molecule has 1 fully saturated rings. The lowest BCUT2D eigenvalue weighted by molar-refractivity contribution is -0.117. The molecule has 1 aliphatic heterocycles. The molecular formula is C24H27N5O3S. The molecule has 1 N–H and O–H groups in total. The van der Waals surface area contributed by atoms with E-state index in [0.717, 1.165) is 32.0 Å². The van der Waals surface area contributed by atoms with Gasteiger partial charge in [-0.2, -0.15) is 0 Å². The number of pyridine rings is 1. The number of nitrogens with one attached hydrogen (secondary N) is 1. The molecule has 0 atom stereocenters. The zero-order valence-electron chi connectivity index (χ0n) is 18.5. The number of hydrogen-bond acceptors (Lipinski definition) is 6. The smallest absolute Gasteiger partial charge is 0.264 e. The molecule has 9 heteroatoms. The van der Waals surface area contributed by atoms with Crippen LogP contribution >= 0.6 is 0 Å². The average molecular weight is 466 g/mol. The summed E-state index contributed by atoms with van der Waals surface area (Å²) in [5, 5.41) is 2.83. The Labute approximate surface area is 194 Å². The number of sulfonamides is 1. The fourth-order valence-corrected chi connectivity index (χ4v) is 4.99. The first-order valence-electron chi connectivity index (χ1n) is 10.8. The summed E-state index contributed by atoms with van der Waals surface area (Å²) in [4.78, 5) is 21.4. The van der Waals surface area contributed by atoms with Crippen molar-refractivity contribution in [2.45, 2.75) is 4.90 Å². The maximum absolute atomic E-state index is 13.0. The molecule has 33 heavy (non-hydrogen) atoms. The predicted octanol–water partition coefficient (Wildman–Crippen LogP) is 2.67. The minimum Gasteiger partial charge on any atom is -0.354 e. The van der Waals surface area contributed by atoms with E-state index in [1.54, 1.807) is 42.6 Å². The molecule has 0 unspecified atom stereocenters. The fraction of sp³-hybridized carbons (Fsp3) is 0.250. The molecule has 4 rings (SSSR count). The molecule has 0 radical (unpaired) electrons. The third-order valence-electron chi connectivity index (χ3n) is 5.61. The summed E-state index contributed by atoms with van der Waals surface area (Å²) in [6.07, 6.45) is 1.78. The molecule has 0 saturated carbocycles. The zero-order valence-corrected chi connectivity index (χ0v) is 19.3. The van der Waals surface area contributed by atoms with Gasteiger partial charge in [-0.3, -0.25) is 14.0 Å². The highest BCUT2D eigenvalue weighted by atomic mass is 32.2. The van der Waals surface area contributed by atoms with E-state index in [2.05, 4.69) is 20.1 Å². The highest BCUT2D eigenvalue weighted by molar-refractivity contribution is 7.92. The molecule has 1 amide bonds. The Kier molecular flexibility index (Phi) is 6.90. The zero-order chi connectivity index (χ0) is 23.3. The van der Waals surface area contributed by atoms with E-state index in [9.17, 15) is 13.2 Å². The summed E-state index contributed by atoms with van der Waals surface area (Å²) in [6, 6.07) is 21.1. The number of amides is 1. The first-order valence-corrected chi connectivity index (χ1v) is 12.2. The summed E-state index contributed by atoms with van der Waals surface area (Å²) in [5.41, 5.74) is 1.02. The maximum atomic E-state index is 13.0. The number of aromatic nitrogens is 1. The standard InChI is InChI=1S/C24H27N5O3S/c1-27(21-9-3-2-4-10-21)33(31,32)22-11-7-8-20(18-22)26-24(30)19-28-14-16-29(17-15-28)23-12-5-6-13-25-23/h2-13,18H,14-17,19H2,1H3,(H,26,30). The molecule has 0 spiro atoms. The Morgan fingerprint density at radius 1 is 0.970 bits per heavy atom. The number of rotatable bonds is 7. The predicted molar refractivity (Wildman–Crippen MR) is 130 cm³/mol. The monoisotopic (exact) mass is 465 g/mol. The second-order valence-corrected chi connectivity index (χ2v) is 9.80. The normalized spacial score (nSPS) is 14.6. The van der Waals surface area contributed by atoms with Gasteiger partial charge in [0.05, 0.1) is 17.1 Å². The van der Waals surface area contributed by atoms with Crippen LogP contribution in [0.2, 0.25) is 0 Å². The Hall–Kier alpha value is -3.43. The van der Waals surface area contributed by atoms with Crippen molar-refractivity contribution in [3.05, 3.63) is 79.0 Å². The molecule has 2 heterocycles. The summed E-state index contributed by atoms with van der Waals surface area (Å²) in [7, 11) is -2.24. The Morgan fingerprint density at radius 2 is 1.70 bits per heavy atom. The van der Waals surface area contributed by atoms with E-state index >= 15 is 0 Å². The minimum atomic E-state index is -3.75. The van der Waals surface area contributed by atoms with Crippen molar-refractivity contribution >= 4 is 33.1 Å². The molecular weight excluding hydrogens is 438 g/mol. The quantitative estimate of drug-likeness (QED) is 0.578. The fourth-order valence-electron chi connectivity index (χ4n) is 3.75. The van der Waals surface area contributed by atoms with Crippen molar-refractivity contribution in [1.29, 1.82) is 0 Å². The molecule has 1 aromatic heterocycles. The lowest BCUT2D eigenvalue weighted by Crippen LogP contribution is -2.48. The van der Waals surface area contributed by atoms with E-state index < -0.39 is 10.0 Å². The Morgan fingerprint density at radius 3 is 2.39 bits per heavy atom. The van der Waals surface area contributed by atoms with Crippen LogP contribution in [0.15, 0.2) is 83.9 Å². The second kappa shape index (κ2) is 10.0. The molecule has 0 bridgehead atoms. The van der Waals surface area contributed by atoms with Crippen molar-refractivity contribution in [2.24, 2.45) is 0 Å². The van der Waals surface area contributed by atoms with Crippen LogP contribution in [-0.2, 0) is 14.8 Å². The van der Waals surface area contributed by atoms with Gasteiger partial charge in [0.15, 0.2) is 0 Å². The molecule has 172 valence electrons. The summed E-state index contributed by atoms with van der Waals surface area (Å²) < 4.78 is 27.3. The van der Waals surface area contributed by atoms with Gasteiger partial charge in [-0.15, -0.1) is 0 Å². The van der Waals surface area contributed by atoms with Crippen LogP contribution in [-0.4, -0.2) is 64.0 Å². The van der Waals surface area contributed by atoms with E-state index in [1.807, 2.05) is 24.3 Å². The van der Waals surface area contributed by atoms with Gasteiger partial charge >= 0.3 is 0 Å². The highest BCUT2D eigenvalue weighted by Gasteiger charge is 2.23. The number of para-hydroxylation sites is 1. The van der Waals surface area contributed by atoms with Crippen molar-refractivity contribution in [3.63, 3.8) is 0 Å². The topological polar surface area (TPSA) is 85.8 Å². The minimum absolute atomic E-state index is 0.121. The van der Waals surface area contributed by atoms with E-state index in [-0.39, 0.29) is 17.3 Å². The first-order chi connectivity index (χ1) is 15.9. The third-order valence-corrected chi connectivity index (χ3v) is 7.39. The van der Waals surface area contributed by atoms with Crippen LogP contribution in [0.1, 0.15) is 0 Å². The van der Waals surface area contributed by atoms with Gasteiger partial charge in [-0.1, -0.05) is 30.3 Å². The van der Waals surface area contributed by atoms with Crippen molar-refractivity contribution in [3.8, 4) is 0 Å². The summed E-state index contributed by atoms with van der Waals surface area (Å²) >= 11 is 0. The number of hydrogen-bond donors (Lipinski definition) is 1. The lowest BCUT2D eigenvalue weighted by Gasteiger charge is -2.34. The summed E-state index contributed by atoms with van der Waals surface area (Å²) in [5.74, 6) is 0.771. The van der Waals surface area contributed by atoms with E-state index in [0.29, 0.717) is 11.4 Å². The van der Waals surface area contributed by atoms with Gasteiger partial charge in [0.1, 0.15) is 5.82 Å². The molecule has 8 nitrogen and oxygen atoms in total. The Bertz CT molecular complexity index is 1180. The number of nitrogens with zero attached hydrogens (tertiary/aromatic N) is 4. The van der Waals surface area contributed by atoms with Crippen LogP contribution in [0, 0.1) is 0 Å². The van der Waals surface area contributed by atoms with Crippen LogP contribution in [0.3, 0.4) is 0 Å². The van der Waals surface area contributed by atoms with Crippen LogP contribution in [0.25, 0.3) is 0 Å².